The van der Waals surface area contributed by atoms with Gasteiger partial charge in [0.1, 0.15) is 17.3 Å². The minimum absolute atomic E-state index is 0.186. The number of nitrogens with zero attached hydrogens (tertiary/aromatic N) is 3. The van der Waals surface area contributed by atoms with E-state index in [0.717, 1.165) is 16.8 Å². The Labute approximate surface area is 167 Å². The van der Waals surface area contributed by atoms with Crippen molar-refractivity contribution in [3.05, 3.63) is 64.6 Å². The number of sulfonamides is 1. The highest BCUT2D eigenvalue weighted by Gasteiger charge is 2.33. The van der Waals surface area contributed by atoms with Crippen molar-refractivity contribution in [1.29, 1.82) is 0 Å². The highest BCUT2D eigenvalue weighted by molar-refractivity contribution is 7.88. The number of hydrogen-bond donors (Lipinski definition) is 0. The lowest BCUT2D eigenvalue weighted by Gasteiger charge is -2.16. The molecule has 0 fully saturated rings. The standard InChI is InChI=1S/C19H17ClFN3O3S/c1-27-18-9-14(21)7-8-17(18)24-19(12-3-5-13(20)6-4-12)15-10-23(28(2,25)26)11-16(15)22-24/h3-9H,10-11H2,1-2H3. The molecule has 9 heteroatoms. The van der Waals surface area contributed by atoms with Crippen LogP contribution in [-0.4, -0.2) is 35.9 Å². The van der Waals surface area contributed by atoms with E-state index in [1.807, 2.05) is 12.1 Å². The summed E-state index contributed by atoms with van der Waals surface area (Å²) in [4.78, 5) is 0. The Morgan fingerprint density at radius 2 is 1.86 bits per heavy atom. The molecular weight excluding hydrogens is 405 g/mol. The predicted molar refractivity (Wildman–Crippen MR) is 105 cm³/mol. The molecule has 4 rings (SSSR count). The zero-order valence-electron chi connectivity index (χ0n) is 15.2. The van der Waals surface area contributed by atoms with E-state index < -0.39 is 15.8 Å². The predicted octanol–water partition coefficient (Wildman–Crippen LogP) is 3.62. The van der Waals surface area contributed by atoms with Crippen LogP contribution in [0.2, 0.25) is 5.02 Å². The van der Waals surface area contributed by atoms with Gasteiger partial charge < -0.3 is 4.74 Å². The molecule has 0 aliphatic carbocycles. The monoisotopic (exact) mass is 421 g/mol. The zero-order valence-corrected chi connectivity index (χ0v) is 16.8. The van der Waals surface area contributed by atoms with E-state index in [2.05, 4.69) is 5.10 Å². The average molecular weight is 422 g/mol. The van der Waals surface area contributed by atoms with E-state index in [1.54, 1.807) is 22.9 Å². The lowest BCUT2D eigenvalue weighted by Crippen LogP contribution is -2.24. The summed E-state index contributed by atoms with van der Waals surface area (Å²) in [5.74, 6) is -0.0899. The van der Waals surface area contributed by atoms with Gasteiger partial charge in [0, 0.05) is 28.8 Å². The van der Waals surface area contributed by atoms with Gasteiger partial charge in [0.15, 0.2) is 0 Å². The molecule has 0 atom stereocenters. The van der Waals surface area contributed by atoms with Gasteiger partial charge in [-0.05, 0) is 24.3 Å². The first-order valence-corrected chi connectivity index (χ1v) is 10.7. The fourth-order valence-electron chi connectivity index (χ4n) is 3.33. The smallest absolute Gasteiger partial charge is 0.211 e. The Hall–Kier alpha value is -2.42. The maximum atomic E-state index is 13.7. The van der Waals surface area contributed by atoms with Crippen molar-refractivity contribution in [2.45, 2.75) is 13.1 Å². The largest absolute Gasteiger partial charge is 0.494 e. The summed E-state index contributed by atoms with van der Waals surface area (Å²) in [7, 11) is -1.89. The van der Waals surface area contributed by atoms with Crippen LogP contribution in [0.15, 0.2) is 42.5 Å². The van der Waals surface area contributed by atoms with Gasteiger partial charge in [-0.15, -0.1) is 0 Å². The summed E-state index contributed by atoms with van der Waals surface area (Å²) in [5, 5.41) is 5.22. The van der Waals surface area contributed by atoms with Crippen LogP contribution in [-0.2, 0) is 23.1 Å². The van der Waals surface area contributed by atoms with Crippen molar-refractivity contribution < 1.29 is 17.5 Å². The highest BCUT2D eigenvalue weighted by atomic mass is 35.5. The lowest BCUT2D eigenvalue weighted by atomic mass is 10.1. The van der Waals surface area contributed by atoms with Crippen molar-refractivity contribution >= 4 is 21.6 Å². The Morgan fingerprint density at radius 3 is 2.50 bits per heavy atom. The third-order valence-electron chi connectivity index (χ3n) is 4.68. The molecule has 0 saturated heterocycles. The zero-order chi connectivity index (χ0) is 20.1. The molecule has 3 aromatic rings. The summed E-state index contributed by atoms with van der Waals surface area (Å²) in [6.07, 6.45) is 1.18. The maximum absolute atomic E-state index is 13.7. The van der Waals surface area contributed by atoms with Crippen molar-refractivity contribution in [1.82, 2.24) is 14.1 Å². The minimum Gasteiger partial charge on any atom is -0.494 e. The number of methoxy groups -OCH3 is 1. The molecule has 0 amide bonds. The molecule has 1 aromatic heterocycles. The van der Waals surface area contributed by atoms with Gasteiger partial charge in [0.05, 0.1) is 31.3 Å². The van der Waals surface area contributed by atoms with Crippen LogP contribution in [0.1, 0.15) is 11.3 Å². The van der Waals surface area contributed by atoms with Crippen LogP contribution in [0.5, 0.6) is 5.75 Å². The van der Waals surface area contributed by atoms with Gasteiger partial charge in [-0.3, -0.25) is 0 Å². The molecule has 0 radical (unpaired) electrons. The fraction of sp³-hybridized carbons (Fsp3) is 0.211. The van der Waals surface area contributed by atoms with Gasteiger partial charge in [-0.1, -0.05) is 23.7 Å². The van der Waals surface area contributed by atoms with Gasteiger partial charge in [0.25, 0.3) is 0 Å². The number of benzene rings is 2. The van der Waals surface area contributed by atoms with Crippen molar-refractivity contribution in [2.75, 3.05) is 13.4 Å². The molecule has 1 aliphatic heterocycles. The summed E-state index contributed by atoms with van der Waals surface area (Å²) < 4.78 is 46.0. The molecule has 6 nitrogen and oxygen atoms in total. The molecule has 2 aromatic carbocycles. The molecule has 1 aliphatic rings. The Bertz CT molecular complexity index is 1160. The molecule has 0 saturated carbocycles. The van der Waals surface area contributed by atoms with Crippen LogP contribution in [0, 0.1) is 5.82 Å². The maximum Gasteiger partial charge on any atom is 0.211 e. The first kappa shape index (κ1) is 18.9. The molecule has 146 valence electrons. The molecule has 0 unspecified atom stereocenters. The summed E-state index contributed by atoms with van der Waals surface area (Å²) >= 11 is 6.02. The lowest BCUT2D eigenvalue weighted by molar-refractivity contribution is 0.407. The normalized spacial score (nSPS) is 14.3. The van der Waals surface area contributed by atoms with Crippen LogP contribution < -0.4 is 4.74 Å². The fourth-order valence-corrected chi connectivity index (χ4v) is 4.17. The molecule has 0 N–H and O–H groups in total. The quantitative estimate of drug-likeness (QED) is 0.645. The first-order valence-electron chi connectivity index (χ1n) is 8.43. The van der Waals surface area contributed by atoms with E-state index in [0.29, 0.717) is 22.2 Å². The number of halogens is 2. The van der Waals surface area contributed by atoms with Crippen LogP contribution in [0.25, 0.3) is 16.9 Å². The number of fused-ring (bicyclic) bond motifs is 1. The van der Waals surface area contributed by atoms with Gasteiger partial charge in [-0.2, -0.15) is 9.40 Å². The molecule has 0 bridgehead atoms. The third-order valence-corrected chi connectivity index (χ3v) is 6.13. The summed E-state index contributed by atoms with van der Waals surface area (Å²) in [5.41, 5.74) is 3.57. The van der Waals surface area contributed by atoms with Crippen LogP contribution >= 0.6 is 11.6 Å². The SMILES string of the molecule is COc1cc(F)ccc1-n1nc2c(c1-c1ccc(Cl)cc1)CN(S(C)(=O)=O)C2. The summed E-state index contributed by atoms with van der Waals surface area (Å²) in [6, 6.07) is 11.4. The minimum atomic E-state index is -3.35. The van der Waals surface area contributed by atoms with E-state index in [4.69, 9.17) is 16.3 Å². The van der Waals surface area contributed by atoms with Crippen LogP contribution in [0.4, 0.5) is 4.39 Å². The Balaban J connectivity index is 1.93. The van der Waals surface area contributed by atoms with Gasteiger partial charge >= 0.3 is 0 Å². The number of ether oxygens (including phenoxy) is 1. The van der Waals surface area contributed by atoms with Crippen molar-refractivity contribution in [2.24, 2.45) is 0 Å². The topological polar surface area (TPSA) is 64.4 Å². The number of rotatable bonds is 4. The van der Waals surface area contributed by atoms with E-state index in [9.17, 15) is 12.8 Å². The number of hydrogen-bond acceptors (Lipinski definition) is 4. The Morgan fingerprint density at radius 1 is 1.14 bits per heavy atom. The van der Waals surface area contributed by atoms with E-state index >= 15 is 0 Å². The second kappa shape index (κ2) is 6.88. The van der Waals surface area contributed by atoms with Crippen LogP contribution in [0.3, 0.4) is 0 Å². The molecule has 2 heterocycles. The Kier molecular flexibility index (Phi) is 4.65. The average Bonchev–Trinajstić information content (AvgIpc) is 3.20. The second-order valence-corrected chi connectivity index (χ2v) is 8.96. The van der Waals surface area contributed by atoms with Crippen molar-refractivity contribution in [3.63, 3.8) is 0 Å². The van der Waals surface area contributed by atoms with E-state index in [1.165, 1.54) is 29.8 Å². The van der Waals surface area contributed by atoms with Gasteiger partial charge in [0.2, 0.25) is 10.0 Å². The third kappa shape index (κ3) is 3.28. The van der Waals surface area contributed by atoms with E-state index in [-0.39, 0.29) is 13.1 Å². The van der Waals surface area contributed by atoms with Gasteiger partial charge in [-0.25, -0.2) is 17.5 Å². The second-order valence-electron chi connectivity index (χ2n) is 6.54. The van der Waals surface area contributed by atoms with Crippen molar-refractivity contribution in [3.8, 4) is 22.7 Å². The first-order chi connectivity index (χ1) is 13.3. The molecular formula is C19H17ClFN3O3S. The summed E-state index contributed by atoms with van der Waals surface area (Å²) in [6.45, 7) is 0.404. The number of aromatic nitrogens is 2. The molecule has 0 spiro atoms. The highest BCUT2D eigenvalue weighted by Crippen LogP contribution is 2.37. The molecule has 28 heavy (non-hydrogen) atoms.